The summed E-state index contributed by atoms with van der Waals surface area (Å²) in [5.74, 6) is 0.682. The molecule has 0 saturated heterocycles. The summed E-state index contributed by atoms with van der Waals surface area (Å²) >= 11 is 0. The van der Waals surface area contributed by atoms with Crippen molar-refractivity contribution in [1.82, 2.24) is 9.97 Å². The van der Waals surface area contributed by atoms with Crippen LogP contribution in [-0.4, -0.2) is 9.97 Å². The van der Waals surface area contributed by atoms with Crippen molar-refractivity contribution >= 4 is 21.9 Å². The number of hydrogen-bond donors (Lipinski definition) is 0. The van der Waals surface area contributed by atoms with Crippen LogP contribution in [0.4, 0.5) is 0 Å². The van der Waals surface area contributed by atoms with Crippen molar-refractivity contribution in [2.24, 2.45) is 0 Å². The topological polar surface area (TPSA) is 38.9 Å². The molecule has 3 heteroatoms. The maximum atomic E-state index is 6.27. The molecule has 0 unspecified atom stereocenters. The summed E-state index contributed by atoms with van der Waals surface area (Å²) < 4.78 is 6.27. The van der Waals surface area contributed by atoms with E-state index in [0.29, 0.717) is 5.82 Å². The lowest BCUT2D eigenvalue weighted by atomic mass is 9.67. The zero-order chi connectivity index (χ0) is 41.0. The summed E-state index contributed by atoms with van der Waals surface area (Å²) in [5.41, 5.74) is 18.2. The van der Waals surface area contributed by atoms with Crippen LogP contribution in [0.2, 0.25) is 0 Å². The predicted octanol–water partition coefficient (Wildman–Crippen LogP) is 15.1. The fourth-order valence-corrected chi connectivity index (χ4v) is 9.90. The van der Waals surface area contributed by atoms with Crippen molar-refractivity contribution in [1.29, 1.82) is 0 Å². The fourth-order valence-electron chi connectivity index (χ4n) is 9.90. The van der Waals surface area contributed by atoms with Crippen LogP contribution in [0.5, 0.6) is 0 Å². The van der Waals surface area contributed by atoms with Gasteiger partial charge in [-0.3, -0.25) is 0 Å². The van der Waals surface area contributed by atoms with Gasteiger partial charge in [0.15, 0.2) is 5.82 Å². The Morgan fingerprint density at radius 3 is 1.53 bits per heavy atom. The smallest absolute Gasteiger partial charge is 0.160 e. The normalized spacial score (nSPS) is 12.6. The second-order valence-corrected chi connectivity index (χ2v) is 16.0. The minimum atomic E-state index is -0.473. The summed E-state index contributed by atoms with van der Waals surface area (Å²) in [7, 11) is 0. The van der Waals surface area contributed by atoms with E-state index in [4.69, 9.17) is 14.4 Å². The molecule has 0 bridgehead atoms. The largest absolute Gasteiger partial charge is 0.456 e. The van der Waals surface area contributed by atoms with Gasteiger partial charge < -0.3 is 4.42 Å². The molecule has 0 radical (unpaired) electrons. The van der Waals surface area contributed by atoms with Gasteiger partial charge in [0.25, 0.3) is 0 Å². The summed E-state index contributed by atoms with van der Waals surface area (Å²) in [6.07, 6.45) is 0. The van der Waals surface area contributed by atoms with Crippen LogP contribution in [0.15, 0.2) is 235 Å². The van der Waals surface area contributed by atoms with Gasteiger partial charge in [0, 0.05) is 27.5 Å². The molecule has 0 atom stereocenters. The molecule has 2 heterocycles. The Bertz CT molecular complexity index is 3420. The fraction of sp³-hybridized carbons (Fsp3) is 0.0169. The van der Waals surface area contributed by atoms with Gasteiger partial charge in [-0.05, 0) is 86.0 Å². The highest BCUT2D eigenvalue weighted by atomic mass is 16.3. The molecule has 11 aromatic rings. The number of benzene rings is 9. The van der Waals surface area contributed by atoms with Crippen molar-refractivity contribution in [3.05, 3.63) is 253 Å². The number of furan rings is 1. The molecule has 0 spiro atoms. The van der Waals surface area contributed by atoms with E-state index in [2.05, 4.69) is 194 Å². The van der Waals surface area contributed by atoms with Crippen molar-refractivity contribution in [2.75, 3.05) is 0 Å². The van der Waals surface area contributed by atoms with Gasteiger partial charge in [-0.15, -0.1) is 0 Å². The first kappa shape index (κ1) is 35.8. The van der Waals surface area contributed by atoms with Crippen LogP contribution in [0.1, 0.15) is 22.3 Å². The lowest BCUT2D eigenvalue weighted by Gasteiger charge is -2.34. The summed E-state index contributed by atoms with van der Waals surface area (Å²) in [5, 5.41) is 2.22. The number of hydrogen-bond acceptors (Lipinski definition) is 3. The molecule has 0 aliphatic heterocycles. The summed E-state index contributed by atoms with van der Waals surface area (Å²) in [6, 6.07) is 82.2. The van der Waals surface area contributed by atoms with Crippen LogP contribution in [-0.2, 0) is 5.41 Å². The quantitative estimate of drug-likeness (QED) is 0.161. The van der Waals surface area contributed by atoms with E-state index < -0.39 is 5.41 Å². The number of aromatic nitrogens is 2. The summed E-state index contributed by atoms with van der Waals surface area (Å²) in [6.45, 7) is 0. The van der Waals surface area contributed by atoms with Gasteiger partial charge in [0.2, 0.25) is 0 Å². The molecular weight excluding hydrogens is 753 g/mol. The average Bonchev–Trinajstić information content (AvgIpc) is 3.89. The number of nitrogens with zero attached hydrogens (tertiary/aromatic N) is 2. The maximum Gasteiger partial charge on any atom is 0.160 e. The van der Waals surface area contributed by atoms with E-state index in [-0.39, 0.29) is 0 Å². The maximum absolute atomic E-state index is 6.27. The monoisotopic (exact) mass is 790 g/mol. The Hall–Kier alpha value is -8.14. The van der Waals surface area contributed by atoms with E-state index in [1.807, 2.05) is 36.4 Å². The van der Waals surface area contributed by atoms with Crippen molar-refractivity contribution in [3.8, 4) is 67.3 Å². The zero-order valence-electron chi connectivity index (χ0n) is 33.7. The van der Waals surface area contributed by atoms with Gasteiger partial charge in [-0.25, -0.2) is 9.97 Å². The first-order valence-electron chi connectivity index (χ1n) is 21.1. The van der Waals surface area contributed by atoms with E-state index in [0.717, 1.165) is 66.7 Å². The van der Waals surface area contributed by atoms with Gasteiger partial charge in [-0.1, -0.05) is 200 Å². The van der Waals surface area contributed by atoms with Crippen molar-refractivity contribution in [2.45, 2.75) is 5.41 Å². The Morgan fingerprint density at radius 2 is 0.823 bits per heavy atom. The molecule has 3 nitrogen and oxygen atoms in total. The Kier molecular flexibility index (Phi) is 8.39. The molecule has 2 aromatic heterocycles. The second-order valence-electron chi connectivity index (χ2n) is 16.0. The number of para-hydroxylation sites is 1. The van der Waals surface area contributed by atoms with Crippen LogP contribution in [0, 0.1) is 0 Å². The molecule has 62 heavy (non-hydrogen) atoms. The molecule has 12 rings (SSSR count). The van der Waals surface area contributed by atoms with E-state index in [1.165, 1.54) is 38.9 Å². The highest BCUT2D eigenvalue weighted by Crippen LogP contribution is 2.58. The Morgan fingerprint density at radius 1 is 0.339 bits per heavy atom. The minimum Gasteiger partial charge on any atom is -0.456 e. The Labute approximate surface area is 360 Å². The predicted molar refractivity (Wildman–Crippen MR) is 254 cm³/mol. The standard InChI is InChI=1S/C59H38N2O/c1-4-18-39(19-5-1)58-60-52(38-53(61-58)43-23-15-21-41(37-43)47-31-17-35-55-57(47)49-29-11-13-34-54(49)62-55)42-22-14-20-40(36-42)46-30-16-33-51-56(46)48-28-10-12-32-50(48)59(51,44-24-6-2-7-25-44)45-26-8-3-9-27-45/h1-38H. The van der Waals surface area contributed by atoms with E-state index in [9.17, 15) is 0 Å². The van der Waals surface area contributed by atoms with Gasteiger partial charge >= 0.3 is 0 Å². The third-order valence-electron chi connectivity index (χ3n) is 12.6. The molecule has 1 aliphatic carbocycles. The molecule has 0 saturated carbocycles. The first-order chi connectivity index (χ1) is 30.7. The van der Waals surface area contributed by atoms with Crippen LogP contribution in [0.3, 0.4) is 0 Å². The third kappa shape index (κ3) is 5.67. The Balaban J connectivity index is 1.02. The first-order valence-corrected chi connectivity index (χ1v) is 21.1. The van der Waals surface area contributed by atoms with Gasteiger partial charge in [-0.2, -0.15) is 0 Å². The molecule has 0 N–H and O–H groups in total. The van der Waals surface area contributed by atoms with Crippen molar-refractivity contribution < 1.29 is 4.42 Å². The number of rotatable bonds is 7. The van der Waals surface area contributed by atoms with Gasteiger partial charge in [0.05, 0.1) is 16.8 Å². The summed E-state index contributed by atoms with van der Waals surface area (Å²) in [4.78, 5) is 10.5. The van der Waals surface area contributed by atoms with Crippen LogP contribution < -0.4 is 0 Å². The molecule has 9 aromatic carbocycles. The number of fused-ring (bicyclic) bond motifs is 6. The molecule has 0 amide bonds. The highest BCUT2D eigenvalue weighted by Gasteiger charge is 2.46. The SMILES string of the molecule is c1ccc(-c2nc(-c3cccc(-c4cccc5c4-c4ccccc4C5(c4ccccc4)c4ccccc4)c3)cc(-c3cccc(-c4cccc5oc6ccccc6c45)c3)n2)cc1. The minimum absolute atomic E-state index is 0.473. The highest BCUT2D eigenvalue weighted by molar-refractivity contribution is 6.12. The average molecular weight is 791 g/mol. The lowest BCUT2D eigenvalue weighted by molar-refractivity contribution is 0.669. The van der Waals surface area contributed by atoms with E-state index in [1.54, 1.807) is 0 Å². The molecule has 1 aliphatic rings. The molecule has 0 fully saturated rings. The van der Waals surface area contributed by atoms with Gasteiger partial charge in [0.1, 0.15) is 11.2 Å². The third-order valence-corrected chi connectivity index (χ3v) is 12.6. The van der Waals surface area contributed by atoms with Crippen molar-refractivity contribution in [3.63, 3.8) is 0 Å². The molecular formula is C59H38N2O. The van der Waals surface area contributed by atoms with E-state index >= 15 is 0 Å². The zero-order valence-corrected chi connectivity index (χ0v) is 33.7. The molecule has 290 valence electrons. The van der Waals surface area contributed by atoms with Crippen LogP contribution in [0.25, 0.3) is 89.2 Å². The van der Waals surface area contributed by atoms with Crippen LogP contribution >= 0.6 is 0 Å². The second kappa shape index (κ2) is 14.5. The lowest BCUT2D eigenvalue weighted by Crippen LogP contribution is -2.28.